The van der Waals surface area contributed by atoms with Crippen LogP contribution in [0.4, 0.5) is 9.59 Å². The number of carbonyl (C=O) groups is 4. The number of methoxy groups -OCH3 is 4. The van der Waals surface area contributed by atoms with E-state index >= 15 is 0 Å². The lowest BCUT2D eigenvalue weighted by molar-refractivity contribution is -0.199. The SMILES string of the molecule is C=CC[C@@H]1[C@@H](OC)CN(C(=O)OC(C)(C)C)[C@@H]1C(=O)OC.CC1(C)[C@@H]2C[C@H]3OBO[C@@]3(C)[C@H]1C2.COC(=O)[C@@H]1[C@H](CCCB2O[C@@H]3C[C@@H]4C[C@@H](C4(C)C)[C@]3(C)O2)[C@@H](OC)CN1C(=O)OC(C)(C)C. The number of allylic oxidation sites excluding steroid dienone is 1. The number of hydrogen-bond donors (Lipinski definition) is 0. The second-order valence-corrected chi connectivity index (χ2v) is 24.1. The first kappa shape index (κ1) is 54.4. The van der Waals surface area contributed by atoms with Gasteiger partial charge in [-0.25, -0.2) is 19.2 Å². The Balaban J connectivity index is 0.000000189. The minimum atomic E-state index is -0.733. The standard InChI is InChI=1S/C25H42BNO7.C15H25NO5.C10H17BO2/c1-23(2,3)32-22(29)27-14-17(30-7)16(20(27)21(28)31-8)10-9-11-26-33-19-13-15-12-18(24(15,4)5)25(19,6)34-26;1-7-8-10-11(19-5)9-16(12(10)13(17)20-6)14(18)21-15(2,3)4;1-9(2)6-4-7(9)10(3)8(5-6)12-11-13-10/h15-20H,9-14H2,1-8H3;7,10-12H,1,8-9H2,2-6H3;6-8,11H,4-5H2,1-3H3/t15-,16+,17-,18-,19+,20-,25-;10-,11+,12+;6-,7-,8+,10-/m010/s1. The van der Waals surface area contributed by atoms with Crippen molar-refractivity contribution in [2.45, 2.75) is 193 Å². The highest BCUT2D eigenvalue weighted by Crippen LogP contribution is 2.66. The average molecular weight is 959 g/mol. The van der Waals surface area contributed by atoms with E-state index in [2.05, 4.69) is 48.1 Å². The Labute approximate surface area is 407 Å². The van der Waals surface area contributed by atoms with Crippen molar-refractivity contribution in [1.82, 2.24) is 9.80 Å². The van der Waals surface area contributed by atoms with Crippen molar-refractivity contribution < 1.29 is 66.2 Å². The van der Waals surface area contributed by atoms with Gasteiger partial charge in [-0.2, -0.15) is 0 Å². The Hall–Kier alpha value is -2.89. The Morgan fingerprint density at radius 1 is 0.706 bits per heavy atom. The Morgan fingerprint density at radius 3 is 1.63 bits per heavy atom. The van der Waals surface area contributed by atoms with Crippen LogP contribution in [0.25, 0.3) is 0 Å². The van der Waals surface area contributed by atoms with Crippen molar-refractivity contribution in [3.8, 4) is 0 Å². The fourth-order valence-corrected chi connectivity index (χ4v) is 13.3. The maximum atomic E-state index is 12.8. The maximum absolute atomic E-state index is 12.8. The van der Waals surface area contributed by atoms with E-state index in [1.54, 1.807) is 41.1 Å². The van der Waals surface area contributed by atoms with E-state index < -0.39 is 47.4 Å². The van der Waals surface area contributed by atoms with Crippen LogP contribution in [0.3, 0.4) is 0 Å². The monoisotopic (exact) mass is 959 g/mol. The lowest BCUT2D eigenvalue weighted by atomic mass is 9.43. The van der Waals surface area contributed by atoms with Gasteiger partial charge in [0.1, 0.15) is 23.3 Å². The predicted molar refractivity (Wildman–Crippen MR) is 257 cm³/mol. The largest absolute Gasteiger partial charge is 0.467 e. The number of nitrogens with zero attached hydrogens (tertiary/aromatic N) is 2. The zero-order chi connectivity index (χ0) is 50.5. The van der Waals surface area contributed by atoms with Crippen molar-refractivity contribution >= 4 is 38.9 Å². The summed E-state index contributed by atoms with van der Waals surface area (Å²) >= 11 is 0. The molecule has 16 nitrogen and oxygen atoms in total. The number of hydrogen-bond acceptors (Lipinski definition) is 14. The van der Waals surface area contributed by atoms with Crippen LogP contribution in [0, 0.1) is 46.3 Å². The van der Waals surface area contributed by atoms with Gasteiger partial charge in [0.25, 0.3) is 0 Å². The zero-order valence-corrected chi connectivity index (χ0v) is 44.2. The average Bonchev–Trinajstić information content (AvgIpc) is 4.02. The number of carbonyl (C=O) groups excluding carboxylic acids is 4. The minimum Gasteiger partial charge on any atom is -0.467 e. The minimum absolute atomic E-state index is 0.0260. The normalized spacial score (nSPS) is 37.9. The number of esters is 2. The van der Waals surface area contributed by atoms with Crippen LogP contribution in [-0.4, -0.2) is 149 Å². The predicted octanol–water partition coefficient (Wildman–Crippen LogP) is 7.40. The van der Waals surface area contributed by atoms with Crippen molar-refractivity contribution in [1.29, 1.82) is 0 Å². The van der Waals surface area contributed by atoms with E-state index in [4.69, 9.17) is 47.0 Å². The molecule has 4 bridgehead atoms. The van der Waals surface area contributed by atoms with Crippen LogP contribution in [0.1, 0.15) is 128 Å². The number of ether oxygens (including phenoxy) is 6. The van der Waals surface area contributed by atoms with Gasteiger partial charge in [0.05, 0.1) is 62.9 Å². The van der Waals surface area contributed by atoms with Gasteiger partial charge in [0, 0.05) is 26.1 Å². The Bertz CT molecular complexity index is 1840. The number of amides is 2. The molecule has 4 saturated heterocycles. The molecule has 0 radical (unpaired) electrons. The van der Waals surface area contributed by atoms with Crippen LogP contribution >= 0.6 is 0 Å². The second-order valence-electron chi connectivity index (χ2n) is 24.1. The van der Waals surface area contributed by atoms with E-state index in [-0.39, 0.29) is 48.5 Å². The van der Waals surface area contributed by atoms with Gasteiger partial charge >= 0.3 is 38.9 Å². The molecule has 4 heterocycles. The van der Waals surface area contributed by atoms with Crippen molar-refractivity contribution in [2.75, 3.05) is 41.5 Å². The lowest BCUT2D eigenvalue weighted by Crippen LogP contribution is -2.65. The zero-order valence-electron chi connectivity index (χ0n) is 44.2. The molecular weight excluding hydrogens is 874 g/mol. The maximum Gasteiger partial charge on any atom is 0.457 e. The molecule has 6 saturated carbocycles. The Kier molecular flexibility index (Phi) is 16.3. The summed E-state index contributed by atoms with van der Waals surface area (Å²) in [6.45, 7) is 29.0. The lowest BCUT2D eigenvalue weighted by Gasteiger charge is -2.64. The third kappa shape index (κ3) is 10.5. The molecule has 0 spiro atoms. The third-order valence-corrected chi connectivity index (χ3v) is 17.3. The van der Waals surface area contributed by atoms with Gasteiger partial charge in [0.2, 0.25) is 0 Å². The molecule has 10 aliphatic rings. The highest BCUT2D eigenvalue weighted by molar-refractivity contribution is 6.45. The topological polar surface area (TPSA) is 167 Å². The molecule has 4 aliphatic heterocycles. The summed E-state index contributed by atoms with van der Waals surface area (Å²) in [5.74, 6) is 1.56. The molecule has 68 heavy (non-hydrogen) atoms. The first-order valence-electron chi connectivity index (χ1n) is 25.0. The molecule has 10 rings (SSSR count). The van der Waals surface area contributed by atoms with Gasteiger partial charge in [-0.1, -0.05) is 40.2 Å². The summed E-state index contributed by atoms with van der Waals surface area (Å²) in [6.07, 6.45) is 8.33. The molecule has 0 aromatic rings. The number of likely N-dealkylation sites (tertiary alicyclic amines) is 2. The van der Waals surface area contributed by atoms with Gasteiger partial charge in [-0.3, -0.25) is 9.80 Å². The summed E-state index contributed by atoms with van der Waals surface area (Å²) in [7, 11) is 6.12. The van der Waals surface area contributed by atoms with Gasteiger partial charge < -0.3 is 47.0 Å². The van der Waals surface area contributed by atoms with Crippen LogP contribution in [0.5, 0.6) is 0 Å². The first-order chi connectivity index (χ1) is 31.6. The van der Waals surface area contributed by atoms with E-state index in [0.717, 1.165) is 31.0 Å². The van der Waals surface area contributed by atoms with Crippen molar-refractivity contribution in [3.05, 3.63) is 12.7 Å². The molecule has 0 aromatic heterocycles. The highest BCUT2D eigenvalue weighted by atomic mass is 16.7. The second kappa shape index (κ2) is 20.3. The summed E-state index contributed by atoms with van der Waals surface area (Å²) in [4.78, 5) is 52.8. The molecule has 18 heteroatoms. The highest BCUT2D eigenvalue weighted by Gasteiger charge is 2.68. The fourth-order valence-electron chi connectivity index (χ4n) is 13.3. The molecular formula is C50H84B2N2O14. The van der Waals surface area contributed by atoms with E-state index in [0.29, 0.717) is 62.4 Å². The van der Waals surface area contributed by atoms with Crippen LogP contribution in [0.15, 0.2) is 12.7 Å². The summed E-state index contributed by atoms with van der Waals surface area (Å²) < 4.78 is 56.3. The number of rotatable bonds is 10. The van der Waals surface area contributed by atoms with Crippen LogP contribution < -0.4 is 0 Å². The van der Waals surface area contributed by atoms with Crippen molar-refractivity contribution in [3.63, 3.8) is 0 Å². The van der Waals surface area contributed by atoms with Crippen LogP contribution in [0.2, 0.25) is 6.32 Å². The molecule has 0 aromatic carbocycles. The van der Waals surface area contributed by atoms with Crippen molar-refractivity contribution in [2.24, 2.45) is 46.3 Å². The van der Waals surface area contributed by atoms with Crippen LogP contribution in [-0.2, 0) is 56.6 Å². The molecule has 6 aliphatic carbocycles. The molecule has 0 N–H and O–H groups in total. The molecule has 2 amide bonds. The molecule has 384 valence electrons. The van der Waals surface area contributed by atoms with E-state index in [1.165, 1.54) is 43.3 Å². The summed E-state index contributed by atoms with van der Waals surface area (Å²) in [5, 5.41) is 0. The van der Waals surface area contributed by atoms with Gasteiger partial charge in [-0.15, -0.1) is 6.58 Å². The summed E-state index contributed by atoms with van der Waals surface area (Å²) in [5.41, 5.74) is -0.670. The molecule has 14 atom stereocenters. The first-order valence-corrected chi connectivity index (χ1v) is 25.0. The van der Waals surface area contributed by atoms with Gasteiger partial charge in [-0.05, 0) is 135 Å². The Morgan fingerprint density at radius 2 is 1.18 bits per heavy atom. The van der Waals surface area contributed by atoms with E-state index in [9.17, 15) is 19.2 Å². The third-order valence-electron chi connectivity index (χ3n) is 17.3. The molecule has 0 unspecified atom stereocenters. The smallest absolute Gasteiger partial charge is 0.457 e. The molecule has 10 fully saturated rings. The fraction of sp³-hybridized carbons (Fsp3) is 0.880. The van der Waals surface area contributed by atoms with Gasteiger partial charge in [0.15, 0.2) is 0 Å². The quantitative estimate of drug-likeness (QED) is 0.0920. The van der Waals surface area contributed by atoms with E-state index in [1.807, 2.05) is 20.8 Å². The summed E-state index contributed by atoms with van der Waals surface area (Å²) in [6, 6.07) is -1.45.